The fourth-order valence-electron chi connectivity index (χ4n) is 3.47. The molecule has 4 atom stereocenters. The van der Waals surface area contributed by atoms with Crippen molar-refractivity contribution in [2.24, 2.45) is 17.6 Å². The fraction of sp³-hybridized carbons (Fsp3) is 1.00. The molecule has 106 valence electrons. The van der Waals surface area contributed by atoms with Crippen LogP contribution in [0.2, 0.25) is 0 Å². The number of nitrogens with two attached hydrogens (primary N) is 1. The topological polar surface area (TPSA) is 38.5 Å². The molecule has 2 aliphatic rings. The predicted molar refractivity (Wildman–Crippen MR) is 75.6 cm³/mol. The van der Waals surface area contributed by atoms with Gasteiger partial charge in [0.05, 0.1) is 6.10 Å². The number of rotatable bonds is 5. The molecule has 3 nitrogen and oxygen atoms in total. The van der Waals surface area contributed by atoms with Gasteiger partial charge in [-0.2, -0.15) is 0 Å². The second-order valence-corrected chi connectivity index (χ2v) is 6.33. The summed E-state index contributed by atoms with van der Waals surface area (Å²) in [5.74, 6) is 1.55. The Morgan fingerprint density at radius 3 is 2.72 bits per heavy atom. The molecule has 3 heteroatoms. The molecule has 2 fully saturated rings. The van der Waals surface area contributed by atoms with Crippen LogP contribution in [-0.2, 0) is 4.74 Å². The van der Waals surface area contributed by atoms with E-state index in [2.05, 4.69) is 18.7 Å². The smallest absolute Gasteiger partial charge is 0.0702 e. The Bertz CT molecular complexity index is 241. The van der Waals surface area contributed by atoms with Gasteiger partial charge in [0.25, 0.3) is 0 Å². The van der Waals surface area contributed by atoms with Crippen molar-refractivity contribution in [3.05, 3.63) is 0 Å². The first-order chi connectivity index (χ1) is 8.69. The fourth-order valence-corrected chi connectivity index (χ4v) is 3.47. The molecule has 2 N–H and O–H groups in total. The number of hydrogen-bond donors (Lipinski definition) is 1. The molecule has 1 saturated carbocycles. The highest BCUT2D eigenvalue weighted by molar-refractivity contribution is 4.84. The Morgan fingerprint density at radius 1 is 1.22 bits per heavy atom. The van der Waals surface area contributed by atoms with Gasteiger partial charge >= 0.3 is 0 Å². The molecular formula is C15H30N2O. The van der Waals surface area contributed by atoms with Crippen LogP contribution >= 0.6 is 0 Å². The van der Waals surface area contributed by atoms with E-state index >= 15 is 0 Å². The van der Waals surface area contributed by atoms with Crippen LogP contribution in [0.3, 0.4) is 0 Å². The molecule has 0 bridgehead atoms. The average Bonchev–Trinajstić information content (AvgIpc) is 2.85. The Morgan fingerprint density at radius 2 is 2.06 bits per heavy atom. The van der Waals surface area contributed by atoms with E-state index in [4.69, 9.17) is 10.5 Å². The maximum absolute atomic E-state index is 6.29. The lowest BCUT2D eigenvalue weighted by atomic mass is 9.79. The minimum atomic E-state index is 0.416. The summed E-state index contributed by atoms with van der Waals surface area (Å²) < 4.78 is 5.75. The zero-order valence-corrected chi connectivity index (χ0v) is 12.1. The first-order valence-electron chi connectivity index (χ1n) is 7.78. The highest BCUT2D eigenvalue weighted by Gasteiger charge is 2.28. The van der Waals surface area contributed by atoms with Crippen LogP contribution < -0.4 is 5.73 Å². The molecule has 0 radical (unpaired) electrons. The van der Waals surface area contributed by atoms with Gasteiger partial charge in [0, 0.05) is 25.7 Å². The first-order valence-corrected chi connectivity index (χ1v) is 7.78. The minimum absolute atomic E-state index is 0.416. The van der Waals surface area contributed by atoms with Gasteiger partial charge < -0.3 is 15.4 Å². The van der Waals surface area contributed by atoms with E-state index in [1.54, 1.807) is 0 Å². The Hall–Kier alpha value is -0.120. The third kappa shape index (κ3) is 3.94. The lowest BCUT2D eigenvalue weighted by Crippen LogP contribution is -2.44. The molecule has 0 aromatic carbocycles. The Kier molecular flexibility index (Phi) is 5.46. The summed E-state index contributed by atoms with van der Waals surface area (Å²) in [6.07, 6.45) is 6.79. The summed E-state index contributed by atoms with van der Waals surface area (Å²) >= 11 is 0. The van der Waals surface area contributed by atoms with Gasteiger partial charge in [0.15, 0.2) is 0 Å². The average molecular weight is 254 g/mol. The Labute approximate surface area is 112 Å². The van der Waals surface area contributed by atoms with Gasteiger partial charge in [0.1, 0.15) is 0 Å². The predicted octanol–water partition coefficient (Wildman–Crippen LogP) is 2.25. The van der Waals surface area contributed by atoms with E-state index < -0.39 is 0 Å². The molecule has 1 saturated heterocycles. The van der Waals surface area contributed by atoms with E-state index in [1.807, 2.05) is 0 Å². The molecule has 4 unspecified atom stereocenters. The third-order valence-electron chi connectivity index (χ3n) is 4.73. The molecule has 2 rings (SSSR count). The van der Waals surface area contributed by atoms with Crippen LogP contribution in [0.25, 0.3) is 0 Å². The van der Waals surface area contributed by atoms with Gasteiger partial charge in [-0.25, -0.2) is 0 Å². The van der Waals surface area contributed by atoms with Crippen molar-refractivity contribution >= 4 is 0 Å². The van der Waals surface area contributed by atoms with E-state index in [0.29, 0.717) is 18.1 Å². The van der Waals surface area contributed by atoms with Gasteiger partial charge in [-0.05, 0) is 50.5 Å². The van der Waals surface area contributed by atoms with Gasteiger partial charge in [-0.1, -0.05) is 13.8 Å². The SMILES string of the molecule is CCN(CC1CCCO1)CC1CC(C)CCC1N. The van der Waals surface area contributed by atoms with E-state index in [0.717, 1.165) is 25.6 Å². The quantitative estimate of drug-likeness (QED) is 0.818. The highest BCUT2D eigenvalue weighted by atomic mass is 16.5. The zero-order valence-electron chi connectivity index (χ0n) is 12.1. The monoisotopic (exact) mass is 254 g/mol. The van der Waals surface area contributed by atoms with Crippen LogP contribution in [0.15, 0.2) is 0 Å². The lowest BCUT2D eigenvalue weighted by molar-refractivity contribution is 0.0625. The van der Waals surface area contributed by atoms with Crippen LogP contribution in [0, 0.1) is 11.8 Å². The summed E-state index contributed by atoms with van der Waals surface area (Å²) in [7, 11) is 0. The zero-order chi connectivity index (χ0) is 13.0. The summed E-state index contributed by atoms with van der Waals surface area (Å²) in [4.78, 5) is 2.55. The van der Waals surface area contributed by atoms with Crippen molar-refractivity contribution in [2.45, 2.75) is 58.1 Å². The van der Waals surface area contributed by atoms with Crippen molar-refractivity contribution in [3.8, 4) is 0 Å². The van der Waals surface area contributed by atoms with Crippen molar-refractivity contribution in [1.82, 2.24) is 4.90 Å². The van der Waals surface area contributed by atoms with Crippen molar-refractivity contribution in [3.63, 3.8) is 0 Å². The summed E-state index contributed by atoms with van der Waals surface area (Å²) in [5, 5.41) is 0. The number of nitrogens with zero attached hydrogens (tertiary/aromatic N) is 1. The van der Waals surface area contributed by atoms with Crippen LogP contribution in [0.1, 0.15) is 46.0 Å². The molecule has 0 aromatic heterocycles. The second-order valence-electron chi connectivity index (χ2n) is 6.33. The standard InChI is InChI=1S/C15H30N2O/c1-3-17(11-14-5-4-8-18-14)10-13-9-12(2)6-7-15(13)16/h12-15H,3-11,16H2,1-2H3. The Balaban J connectivity index is 1.80. The maximum atomic E-state index is 6.29. The molecule has 1 aliphatic heterocycles. The van der Waals surface area contributed by atoms with Gasteiger partial charge in [-0.15, -0.1) is 0 Å². The van der Waals surface area contributed by atoms with Crippen LogP contribution in [0.4, 0.5) is 0 Å². The number of likely N-dealkylation sites (N-methyl/N-ethyl adjacent to an activating group) is 1. The van der Waals surface area contributed by atoms with E-state index in [-0.39, 0.29) is 0 Å². The largest absolute Gasteiger partial charge is 0.377 e. The van der Waals surface area contributed by atoms with Crippen molar-refractivity contribution in [1.29, 1.82) is 0 Å². The first kappa shape index (κ1) is 14.3. The molecule has 18 heavy (non-hydrogen) atoms. The number of hydrogen-bond acceptors (Lipinski definition) is 3. The number of ether oxygens (including phenoxy) is 1. The maximum Gasteiger partial charge on any atom is 0.0702 e. The molecule has 0 spiro atoms. The molecule has 1 aliphatic carbocycles. The van der Waals surface area contributed by atoms with Gasteiger partial charge in [0.2, 0.25) is 0 Å². The summed E-state index contributed by atoms with van der Waals surface area (Å²) in [5.41, 5.74) is 6.29. The van der Waals surface area contributed by atoms with Crippen molar-refractivity contribution in [2.75, 3.05) is 26.2 Å². The van der Waals surface area contributed by atoms with Crippen LogP contribution in [-0.4, -0.2) is 43.3 Å². The second kappa shape index (κ2) is 6.88. The van der Waals surface area contributed by atoms with Crippen LogP contribution in [0.5, 0.6) is 0 Å². The normalized spacial score (nSPS) is 37.3. The summed E-state index contributed by atoms with van der Waals surface area (Å²) in [6, 6.07) is 0.416. The van der Waals surface area contributed by atoms with Crippen molar-refractivity contribution < 1.29 is 4.74 Å². The lowest BCUT2D eigenvalue weighted by Gasteiger charge is -2.36. The summed E-state index contributed by atoms with van der Waals surface area (Å²) in [6.45, 7) is 8.98. The molecule has 1 heterocycles. The van der Waals surface area contributed by atoms with E-state index in [9.17, 15) is 0 Å². The molecule has 0 aromatic rings. The highest BCUT2D eigenvalue weighted by Crippen LogP contribution is 2.28. The van der Waals surface area contributed by atoms with E-state index in [1.165, 1.54) is 38.6 Å². The third-order valence-corrected chi connectivity index (χ3v) is 4.73. The molecule has 0 amide bonds. The minimum Gasteiger partial charge on any atom is -0.377 e. The van der Waals surface area contributed by atoms with Gasteiger partial charge in [-0.3, -0.25) is 0 Å². The molecular weight excluding hydrogens is 224 g/mol.